The van der Waals surface area contributed by atoms with Crippen molar-refractivity contribution in [1.29, 1.82) is 0 Å². The van der Waals surface area contributed by atoms with Gasteiger partial charge < -0.3 is 5.32 Å². The molecule has 0 fully saturated rings. The molecule has 2 aromatic rings. The summed E-state index contributed by atoms with van der Waals surface area (Å²) in [5, 5.41) is 6.65. The molecule has 3 rings (SSSR count). The highest BCUT2D eigenvalue weighted by molar-refractivity contribution is 7.15. The lowest BCUT2D eigenvalue weighted by molar-refractivity contribution is -0.111. The molecule has 4 nitrogen and oxygen atoms in total. The first-order chi connectivity index (χ1) is 9.81. The minimum absolute atomic E-state index is 0.326. The average molecular weight is 283 g/mol. The molecule has 100 valence electrons. The number of aromatic nitrogens is 1. The van der Waals surface area contributed by atoms with Crippen molar-refractivity contribution in [2.75, 3.05) is 11.9 Å². The molecule has 1 amide bonds. The number of hydrogen-bond acceptors (Lipinski definition) is 4. The van der Waals surface area contributed by atoms with E-state index >= 15 is 0 Å². The van der Waals surface area contributed by atoms with E-state index in [-0.39, 0.29) is 5.91 Å². The molecule has 0 atom stereocenters. The van der Waals surface area contributed by atoms with Gasteiger partial charge in [0, 0.05) is 35.9 Å². The Morgan fingerprint density at radius 1 is 1.35 bits per heavy atom. The molecule has 0 aliphatic carbocycles. The first-order valence-electron chi connectivity index (χ1n) is 6.38. The summed E-state index contributed by atoms with van der Waals surface area (Å²) in [6.07, 6.45) is 0.914. The van der Waals surface area contributed by atoms with Crippen LogP contribution in [0.3, 0.4) is 0 Å². The SMILES string of the molecule is O=C(C#Cc1ccccc1)Nc1nc2c(s1)CNCC2. The Kier molecular flexibility index (Phi) is 3.77. The molecule has 0 radical (unpaired) electrons. The minimum atomic E-state index is -0.326. The predicted molar refractivity (Wildman–Crippen MR) is 79.5 cm³/mol. The van der Waals surface area contributed by atoms with Crippen LogP contribution < -0.4 is 10.6 Å². The highest BCUT2D eigenvalue weighted by Gasteiger charge is 2.15. The summed E-state index contributed by atoms with van der Waals surface area (Å²) in [6, 6.07) is 9.44. The summed E-state index contributed by atoms with van der Waals surface area (Å²) >= 11 is 1.51. The molecule has 2 N–H and O–H groups in total. The van der Waals surface area contributed by atoms with Gasteiger partial charge in [-0.2, -0.15) is 0 Å². The van der Waals surface area contributed by atoms with Crippen molar-refractivity contribution >= 4 is 22.4 Å². The van der Waals surface area contributed by atoms with Gasteiger partial charge in [0.15, 0.2) is 5.13 Å². The van der Waals surface area contributed by atoms with E-state index in [1.165, 1.54) is 16.2 Å². The zero-order valence-electron chi connectivity index (χ0n) is 10.8. The van der Waals surface area contributed by atoms with Gasteiger partial charge in [-0.3, -0.25) is 10.1 Å². The van der Waals surface area contributed by atoms with E-state index in [2.05, 4.69) is 27.5 Å². The van der Waals surface area contributed by atoms with Crippen LogP contribution in [0.25, 0.3) is 0 Å². The number of hydrogen-bond donors (Lipinski definition) is 2. The van der Waals surface area contributed by atoms with Crippen molar-refractivity contribution in [3.63, 3.8) is 0 Å². The third-order valence-corrected chi connectivity index (χ3v) is 3.93. The number of benzene rings is 1. The zero-order valence-corrected chi connectivity index (χ0v) is 11.6. The largest absolute Gasteiger partial charge is 0.311 e. The van der Waals surface area contributed by atoms with Crippen LogP contribution in [0.2, 0.25) is 0 Å². The van der Waals surface area contributed by atoms with E-state index in [4.69, 9.17) is 0 Å². The fraction of sp³-hybridized carbons (Fsp3) is 0.200. The Hall–Kier alpha value is -2.16. The minimum Gasteiger partial charge on any atom is -0.311 e. The predicted octanol–water partition coefficient (Wildman–Crippen LogP) is 1.78. The van der Waals surface area contributed by atoms with Gasteiger partial charge in [0.25, 0.3) is 0 Å². The third-order valence-electron chi connectivity index (χ3n) is 2.92. The second-order valence-corrected chi connectivity index (χ2v) is 5.47. The summed E-state index contributed by atoms with van der Waals surface area (Å²) in [5.41, 5.74) is 1.91. The Labute approximate surface area is 121 Å². The van der Waals surface area contributed by atoms with Crippen molar-refractivity contribution in [3.05, 3.63) is 46.5 Å². The van der Waals surface area contributed by atoms with Gasteiger partial charge >= 0.3 is 5.91 Å². The van der Waals surface area contributed by atoms with Crippen LogP contribution in [0.15, 0.2) is 30.3 Å². The molecule has 0 saturated heterocycles. The highest BCUT2D eigenvalue weighted by Crippen LogP contribution is 2.25. The fourth-order valence-corrected chi connectivity index (χ4v) is 2.93. The molecule has 1 aliphatic heterocycles. The number of thiazole rings is 1. The zero-order chi connectivity index (χ0) is 13.8. The van der Waals surface area contributed by atoms with E-state index in [1.54, 1.807) is 0 Å². The van der Waals surface area contributed by atoms with Crippen LogP contribution in [0, 0.1) is 11.8 Å². The van der Waals surface area contributed by atoms with Gasteiger partial charge in [-0.15, -0.1) is 11.3 Å². The maximum Gasteiger partial charge on any atom is 0.302 e. The van der Waals surface area contributed by atoms with Gasteiger partial charge in [-0.25, -0.2) is 4.98 Å². The highest BCUT2D eigenvalue weighted by atomic mass is 32.1. The van der Waals surface area contributed by atoms with E-state index in [0.29, 0.717) is 5.13 Å². The Bertz CT molecular complexity index is 659. The number of carbonyl (C=O) groups is 1. The molecule has 1 aromatic heterocycles. The maximum atomic E-state index is 11.8. The Morgan fingerprint density at radius 3 is 3.00 bits per heavy atom. The van der Waals surface area contributed by atoms with Crippen molar-refractivity contribution < 1.29 is 4.79 Å². The summed E-state index contributed by atoms with van der Waals surface area (Å²) in [6.45, 7) is 1.77. The second kappa shape index (κ2) is 5.87. The van der Waals surface area contributed by atoms with Gasteiger partial charge in [-0.05, 0) is 12.1 Å². The summed E-state index contributed by atoms with van der Waals surface area (Å²) in [4.78, 5) is 17.4. The van der Waals surface area contributed by atoms with Gasteiger partial charge in [0.1, 0.15) is 0 Å². The molecule has 2 heterocycles. The number of fused-ring (bicyclic) bond motifs is 1. The van der Waals surface area contributed by atoms with Crippen LogP contribution in [0.4, 0.5) is 5.13 Å². The van der Waals surface area contributed by atoms with Crippen molar-refractivity contribution in [2.45, 2.75) is 13.0 Å². The summed E-state index contributed by atoms with van der Waals surface area (Å²) < 4.78 is 0. The van der Waals surface area contributed by atoms with Crippen molar-refractivity contribution in [2.24, 2.45) is 0 Å². The molecule has 0 spiro atoms. The lowest BCUT2D eigenvalue weighted by Gasteiger charge is -2.09. The Morgan fingerprint density at radius 2 is 2.20 bits per heavy atom. The fourth-order valence-electron chi connectivity index (χ4n) is 1.96. The first kappa shape index (κ1) is 12.9. The van der Waals surface area contributed by atoms with Gasteiger partial charge in [0.05, 0.1) is 5.69 Å². The lowest BCUT2D eigenvalue weighted by Crippen LogP contribution is -2.22. The van der Waals surface area contributed by atoms with Crippen molar-refractivity contribution in [1.82, 2.24) is 10.3 Å². The molecule has 1 aromatic carbocycles. The van der Waals surface area contributed by atoms with Gasteiger partial charge in [-0.1, -0.05) is 24.1 Å². The monoisotopic (exact) mass is 283 g/mol. The van der Waals surface area contributed by atoms with Crippen molar-refractivity contribution in [3.8, 4) is 11.8 Å². The van der Waals surface area contributed by atoms with Crippen LogP contribution in [-0.2, 0) is 17.8 Å². The topological polar surface area (TPSA) is 54.0 Å². The number of amides is 1. The van der Waals surface area contributed by atoms with E-state index in [1.807, 2.05) is 30.3 Å². The number of nitrogens with zero attached hydrogens (tertiary/aromatic N) is 1. The molecule has 0 unspecified atom stereocenters. The number of nitrogens with one attached hydrogen (secondary N) is 2. The third kappa shape index (κ3) is 3.05. The molecule has 0 bridgehead atoms. The lowest BCUT2D eigenvalue weighted by atomic mass is 10.2. The standard InChI is InChI=1S/C15H13N3OS/c19-14(7-6-11-4-2-1-3-5-11)18-15-17-12-8-9-16-10-13(12)20-15/h1-5,16H,8-10H2,(H,17,18,19). The second-order valence-electron chi connectivity index (χ2n) is 4.39. The quantitative estimate of drug-likeness (QED) is 0.784. The molecule has 1 aliphatic rings. The van der Waals surface area contributed by atoms with Crippen LogP contribution in [0.5, 0.6) is 0 Å². The molecule has 0 saturated carbocycles. The van der Waals surface area contributed by atoms with E-state index < -0.39 is 0 Å². The summed E-state index contributed by atoms with van der Waals surface area (Å²) in [7, 11) is 0. The number of rotatable bonds is 1. The number of anilines is 1. The van der Waals surface area contributed by atoms with E-state index in [9.17, 15) is 4.79 Å². The van der Waals surface area contributed by atoms with Gasteiger partial charge in [0.2, 0.25) is 0 Å². The average Bonchev–Trinajstić information content (AvgIpc) is 2.88. The smallest absolute Gasteiger partial charge is 0.302 e. The van der Waals surface area contributed by atoms with Crippen LogP contribution >= 0.6 is 11.3 Å². The molecular weight excluding hydrogens is 270 g/mol. The molecule has 5 heteroatoms. The molecular formula is C15H13N3OS. The first-order valence-corrected chi connectivity index (χ1v) is 7.20. The normalized spacial score (nSPS) is 13.0. The Balaban J connectivity index is 1.67. The number of carbonyl (C=O) groups excluding carboxylic acids is 1. The van der Waals surface area contributed by atoms with Crippen LogP contribution in [-0.4, -0.2) is 17.4 Å². The van der Waals surface area contributed by atoms with Crippen LogP contribution in [0.1, 0.15) is 16.1 Å². The maximum absolute atomic E-state index is 11.8. The van der Waals surface area contributed by atoms with E-state index in [0.717, 1.165) is 30.8 Å². The molecule has 20 heavy (non-hydrogen) atoms. The summed E-state index contributed by atoms with van der Waals surface area (Å²) in [5.74, 6) is 5.08.